The van der Waals surface area contributed by atoms with Crippen LogP contribution >= 0.6 is 22.9 Å². The third-order valence-electron chi connectivity index (χ3n) is 3.49. The van der Waals surface area contributed by atoms with Crippen LogP contribution in [0, 0.1) is 0 Å². The van der Waals surface area contributed by atoms with Crippen LogP contribution in [0.25, 0.3) is 26.9 Å². The van der Waals surface area contributed by atoms with Gasteiger partial charge in [0.2, 0.25) is 4.96 Å². The average Bonchev–Trinajstić information content (AvgIpc) is 3.17. The van der Waals surface area contributed by atoms with Gasteiger partial charge in [-0.05, 0) is 43.3 Å². The van der Waals surface area contributed by atoms with Crippen LogP contribution in [0.15, 0.2) is 48.5 Å². The molecule has 0 aliphatic carbocycles. The summed E-state index contributed by atoms with van der Waals surface area (Å²) in [4.78, 5) is 0.747. The zero-order valence-electron chi connectivity index (χ0n) is 12.8. The summed E-state index contributed by atoms with van der Waals surface area (Å²) in [6, 6.07) is 15.4. The molecule has 0 aliphatic rings. The highest BCUT2D eigenvalue weighted by Crippen LogP contribution is 2.30. The van der Waals surface area contributed by atoms with Crippen molar-refractivity contribution >= 4 is 27.9 Å². The molecule has 0 aliphatic heterocycles. The van der Waals surface area contributed by atoms with Crippen LogP contribution in [0.2, 0.25) is 5.02 Å². The van der Waals surface area contributed by atoms with Gasteiger partial charge in [0.15, 0.2) is 5.82 Å². The van der Waals surface area contributed by atoms with E-state index in [0.717, 1.165) is 26.8 Å². The van der Waals surface area contributed by atoms with Crippen molar-refractivity contribution in [3.8, 4) is 27.7 Å². The summed E-state index contributed by atoms with van der Waals surface area (Å²) in [6.45, 7) is 2.60. The Labute approximate surface area is 147 Å². The number of nitrogens with zero attached hydrogens (tertiary/aromatic N) is 4. The average molecular weight is 357 g/mol. The Bertz CT molecular complexity index is 993. The first kappa shape index (κ1) is 15.1. The molecular formula is C17H13ClN4OS. The van der Waals surface area contributed by atoms with Gasteiger partial charge >= 0.3 is 0 Å². The Morgan fingerprint density at radius 3 is 2.71 bits per heavy atom. The first-order chi connectivity index (χ1) is 11.7. The number of ether oxygens (including phenoxy) is 1. The first-order valence-corrected chi connectivity index (χ1v) is 8.65. The third kappa shape index (κ3) is 2.74. The number of halogens is 1. The van der Waals surface area contributed by atoms with Crippen LogP contribution in [-0.4, -0.2) is 26.4 Å². The summed E-state index contributed by atoms with van der Waals surface area (Å²) in [6.07, 6.45) is 0. The number of hydrogen-bond donors (Lipinski definition) is 0. The van der Waals surface area contributed by atoms with Crippen molar-refractivity contribution in [3.63, 3.8) is 0 Å². The Balaban J connectivity index is 1.77. The van der Waals surface area contributed by atoms with E-state index >= 15 is 0 Å². The lowest BCUT2D eigenvalue weighted by Gasteiger charge is -2.03. The molecule has 2 heterocycles. The molecule has 120 valence electrons. The van der Waals surface area contributed by atoms with E-state index in [1.165, 1.54) is 11.3 Å². The minimum absolute atomic E-state index is 0.634. The van der Waals surface area contributed by atoms with E-state index in [9.17, 15) is 0 Å². The Hall–Kier alpha value is -2.44. The quantitative estimate of drug-likeness (QED) is 0.537. The molecule has 2 aromatic heterocycles. The maximum absolute atomic E-state index is 5.95. The van der Waals surface area contributed by atoms with E-state index < -0.39 is 0 Å². The standard InChI is InChI=1S/C17H13ClN4OS/c1-2-23-14-5-3-4-12(10-14)16-21-22-15(19-20-17(22)24-16)11-6-8-13(18)9-7-11/h3-10H,2H2,1H3. The van der Waals surface area contributed by atoms with Crippen LogP contribution in [0.1, 0.15) is 6.92 Å². The molecule has 5 nitrogen and oxygen atoms in total. The molecule has 0 bridgehead atoms. The van der Waals surface area contributed by atoms with Gasteiger partial charge in [0.1, 0.15) is 10.8 Å². The number of aromatic nitrogens is 4. The molecule has 0 saturated carbocycles. The third-order valence-corrected chi connectivity index (χ3v) is 4.69. The summed E-state index contributed by atoms with van der Waals surface area (Å²) in [5.41, 5.74) is 1.92. The molecule has 7 heteroatoms. The molecule has 0 radical (unpaired) electrons. The predicted octanol–water partition coefficient (Wildman–Crippen LogP) is 4.57. The second-order valence-corrected chi connectivity index (χ2v) is 6.49. The Kier molecular flexibility index (Phi) is 3.92. The second kappa shape index (κ2) is 6.22. The molecule has 4 rings (SSSR count). The lowest BCUT2D eigenvalue weighted by atomic mass is 10.2. The SMILES string of the molecule is CCOc1cccc(-c2nn3c(-c4ccc(Cl)cc4)nnc3s2)c1. The highest BCUT2D eigenvalue weighted by Gasteiger charge is 2.14. The van der Waals surface area contributed by atoms with Crippen molar-refractivity contribution in [1.29, 1.82) is 0 Å². The number of fused-ring (bicyclic) bond motifs is 1. The molecule has 0 saturated heterocycles. The van der Waals surface area contributed by atoms with Crippen molar-refractivity contribution < 1.29 is 4.74 Å². The van der Waals surface area contributed by atoms with Crippen molar-refractivity contribution in [2.45, 2.75) is 6.92 Å². The van der Waals surface area contributed by atoms with Gasteiger partial charge in [0.05, 0.1) is 6.61 Å². The van der Waals surface area contributed by atoms with Gasteiger partial charge in [0.25, 0.3) is 0 Å². The molecule has 2 aromatic carbocycles. The lowest BCUT2D eigenvalue weighted by molar-refractivity contribution is 0.340. The topological polar surface area (TPSA) is 52.3 Å². The molecule has 4 aromatic rings. The maximum Gasteiger partial charge on any atom is 0.235 e. The molecular weight excluding hydrogens is 344 g/mol. The van der Waals surface area contributed by atoms with Crippen LogP contribution in [-0.2, 0) is 0 Å². The minimum atomic E-state index is 0.634. The van der Waals surface area contributed by atoms with Gasteiger partial charge in [0, 0.05) is 16.1 Å². The molecule has 0 spiro atoms. The zero-order valence-corrected chi connectivity index (χ0v) is 14.4. The van der Waals surface area contributed by atoms with E-state index in [0.29, 0.717) is 17.5 Å². The monoisotopic (exact) mass is 356 g/mol. The van der Waals surface area contributed by atoms with E-state index in [1.807, 2.05) is 55.5 Å². The van der Waals surface area contributed by atoms with Gasteiger partial charge in [-0.2, -0.15) is 9.61 Å². The number of benzene rings is 2. The normalized spacial score (nSPS) is 11.1. The van der Waals surface area contributed by atoms with Gasteiger partial charge in [-0.3, -0.25) is 0 Å². The van der Waals surface area contributed by atoms with Gasteiger partial charge < -0.3 is 4.74 Å². The van der Waals surface area contributed by atoms with Crippen molar-refractivity contribution in [2.24, 2.45) is 0 Å². The van der Waals surface area contributed by atoms with Gasteiger partial charge in [-0.15, -0.1) is 10.2 Å². The van der Waals surface area contributed by atoms with Crippen LogP contribution in [0.3, 0.4) is 0 Å². The lowest BCUT2D eigenvalue weighted by Crippen LogP contribution is -1.92. The molecule has 24 heavy (non-hydrogen) atoms. The van der Waals surface area contributed by atoms with Crippen molar-refractivity contribution in [2.75, 3.05) is 6.61 Å². The fourth-order valence-corrected chi connectivity index (χ4v) is 3.36. The Morgan fingerprint density at radius 1 is 1.08 bits per heavy atom. The summed E-state index contributed by atoms with van der Waals surface area (Å²) in [7, 11) is 0. The van der Waals surface area contributed by atoms with E-state index in [2.05, 4.69) is 15.3 Å². The summed E-state index contributed by atoms with van der Waals surface area (Å²) in [5, 5.41) is 14.7. The molecule has 0 atom stereocenters. The molecule has 0 fully saturated rings. The number of hydrogen-bond acceptors (Lipinski definition) is 5. The highest BCUT2D eigenvalue weighted by molar-refractivity contribution is 7.19. The van der Waals surface area contributed by atoms with Crippen LogP contribution in [0.4, 0.5) is 0 Å². The van der Waals surface area contributed by atoms with Gasteiger partial charge in [-0.1, -0.05) is 35.1 Å². The fourth-order valence-electron chi connectivity index (χ4n) is 2.40. The highest BCUT2D eigenvalue weighted by atomic mass is 35.5. The van der Waals surface area contributed by atoms with Crippen molar-refractivity contribution in [1.82, 2.24) is 19.8 Å². The Morgan fingerprint density at radius 2 is 1.92 bits per heavy atom. The molecule has 0 unspecified atom stereocenters. The second-order valence-electron chi connectivity index (χ2n) is 5.09. The minimum Gasteiger partial charge on any atom is -0.494 e. The van der Waals surface area contributed by atoms with E-state index in [4.69, 9.17) is 16.3 Å². The van der Waals surface area contributed by atoms with Gasteiger partial charge in [-0.25, -0.2) is 0 Å². The maximum atomic E-state index is 5.95. The fraction of sp³-hybridized carbons (Fsp3) is 0.118. The van der Waals surface area contributed by atoms with Crippen LogP contribution < -0.4 is 4.74 Å². The predicted molar refractivity (Wildman–Crippen MR) is 95.7 cm³/mol. The summed E-state index contributed by atoms with van der Waals surface area (Å²) in [5.74, 6) is 1.53. The first-order valence-electron chi connectivity index (χ1n) is 7.46. The molecule has 0 N–H and O–H groups in total. The number of rotatable bonds is 4. The zero-order chi connectivity index (χ0) is 16.5. The van der Waals surface area contributed by atoms with E-state index in [-0.39, 0.29) is 0 Å². The largest absolute Gasteiger partial charge is 0.494 e. The smallest absolute Gasteiger partial charge is 0.235 e. The van der Waals surface area contributed by atoms with Crippen molar-refractivity contribution in [3.05, 3.63) is 53.6 Å². The summed E-state index contributed by atoms with van der Waals surface area (Å²) < 4.78 is 7.32. The summed E-state index contributed by atoms with van der Waals surface area (Å²) >= 11 is 7.44. The van der Waals surface area contributed by atoms with Crippen LogP contribution in [0.5, 0.6) is 5.75 Å². The molecule has 0 amide bonds. The van der Waals surface area contributed by atoms with E-state index in [1.54, 1.807) is 4.52 Å².